The van der Waals surface area contributed by atoms with Gasteiger partial charge in [-0.25, -0.2) is 0 Å². The number of hydrogen-bond acceptors (Lipinski definition) is 2. The number of nitrogens with two attached hydrogens (primary N) is 1. The Morgan fingerprint density at radius 2 is 2.00 bits per heavy atom. The van der Waals surface area contributed by atoms with E-state index in [4.69, 9.17) is 17.3 Å². The molecule has 84 valence electrons. The van der Waals surface area contributed by atoms with E-state index >= 15 is 0 Å². The molecule has 0 saturated heterocycles. The summed E-state index contributed by atoms with van der Waals surface area (Å²) >= 11 is 9.19. The van der Waals surface area contributed by atoms with E-state index in [1.807, 2.05) is 13.8 Å². The molecule has 0 aliphatic heterocycles. The highest BCUT2D eigenvalue weighted by atomic mass is 79.9. The van der Waals surface area contributed by atoms with Gasteiger partial charge in [-0.1, -0.05) is 47.4 Å². The quantitative estimate of drug-likeness (QED) is 0.899. The fourth-order valence-corrected chi connectivity index (χ4v) is 2.23. The summed E-state index contributed by atoms with van der Waals surface area (Å²) in [5.41, 5.74) is 6.67. The molecule has 2 nitrogen and oxygen atoms in total. The predicted octanol–water partition coefficient (Wildman–Crippen LogP) is 3.12. The van der Waals surface area contributed by atoms with Gasteiger partial charge in [-0.15, -0.1) is 0 Å². The molecule has 0 aromatic heterocycles. The summed E-state index contributed by atoms with van der Waals surface area (Å²) in [4.78, 5) is 0. The van der Waals surface area contributed by atoms with Gasteiger partial charge in [0.15, 0.2) is 0 Å². The van der Waals surface area contributed by atoms with Crippen molar-refractivity contribution in [3.05, 3.63) is 33.3 Å². The van der Waals surface area contributed by atoms with Crippen LogP contribution in [0.5, 0.6) is 0 Å². The van der Waals surface area contributed by atoms with Gasteiger partial charge >= 0.3 is 0 Å². The Balaban J connectivity index is 2.96. The molecule has 0 radical (unpaired) electrons. The molecule has 3 N–H and O–H groups in total. The van der Waals surface area contributed by atoms with Crippen LogP contribution < -0.4 is 5.73 Å². The second-order valence-electron chi connectivity index (χ2n) is 3.93. The molecule has 1 aromatic carbocycles. The Morgan fingerprint density at radius 3 is 2.47 bits per heavy atom. The normalized spacial score (nSPS) is 15.4. The van der Waals surface area contributed by atoms with Gasteiger partial charge in [0.05, 0.1) is 6.10 Å². The zero-order valence-electron chi connectivity index (χ0n) is 8.74. The molecule has 0 amide bonds. The summed E-state index contributed by atoms with van der Waals surface area (Å²) in [6.07, 6.45) is -0.670. The van der Waals surface area contributed by atoms with Crippen molar-refractivity contribution in [2.24, 2.45) is 11.7 Å². The zero-order valence-corrected chi connectivity index (χ0v) is 11.1. The SMILES string of the molecule is CC(C)C(N)C(O)c1ccc(Cl)cc1Br. The average molecular weight is 293 g/mol. The van der Waals surface area contributed by atoms with E-state index in [1.54, 1.807) is 18.2 Å². The third kappa shape index (κ3) is 3.18. The van der Waals surface area contributed by atoms with Crippen molar-refractivity contribution in [3.63, 3.8) is 0 Å². The van der Waals surface area contributed by atoms with Crippen LogP contribution in [0.25, 0.3) is 0 Å². The largest absolute Gasteiger partial charge is 0.387 e. The molecule has 4 heteroatoms. The van der Waals surface area contributed by atoms with Gasteiger partial charge in [0, 0.05) is 15.5 Å². The average Bonchev–Trinajstić information content (AvgIpc) is 2.15. The van der Waals surface area contributed by atoms with E-state index in [-0.39, 0.29) is 12.0 Å². The number of benzene rings is 1. The van der Waals surface area contributed by atoms with Crippen LogP contribution in [-0.2, 0) is 0 Å². The van der Waals surface area contributed by atoms with E-state index in [0.717, 1.165) is 10.0 Å². The highest BCUT2D eigenvalue weighted by Crippen LogP contribution is 2.29. The standard InChI is InChI=1S/C11H15BrClNO/c1-6(2)10(14)11(15)8-4-3-7(13)5-9(8)12/h3-6,10-11,15H,14H2,1-2H3. The van der Waals surface area contributed by atoms with Gasteiger partial charge in [-0.3, -0.25) is 0 Å². The maximum Gasteiger partial charge on any atom is 0.0954 e. The molecule has 0 heterocycles. The maximum atomic E-state index is 10.0. The Hall–Kier alpha value is -0.0900. The third-order valence-corrected chi connectivity index (χ3v) is 3.34. The Kier molecular flexibility index (Phi) is 4.59. The summed E-state index contributed by atoms with van der Waals surface area (Å²) in [5.74, 6) is 0.225. The molecule has 0 saturated carbocycles. The molecule has 0 aliphatic carbocycles. The minimum atomic E-state index is -0.670. The van der Waals surface area contributed by atoms with Crippen LogP contribution in [-0.4, -0.2) is 11.1 Å². The highest BCUT2D eigenvalue weighted by Gasteiger charge is 2.21. The van der Waals surface area contributed by atoms with Gasteiger partial charge in [0.2, 0.25) is 0 Å². The first kappa shape index (κ1) is 13.0. The van der Waals surface area contributed by atoms with Crippen molar-refractivity contribution in [3.8, 4) is 0 Å². The number of aliphatic hydroxyl groups excluding tert-OH is 1. The predicted molar refractivity (Wildman–Crippen MR) is 66.9 cm³/mol. The molecular weight excluding hydrogens is 277 g/mol. The zero-order chi connectivity index (χ0) is 11.6. The van der Waals surface area contributed by atoms with E-state index < -0.39 is 6.10 Å². The molecule has 0 aliphatic rings. The van der Waals surface area contributed by atoms with Crippen molar-refractivity contribution in [2.45, 2.75) is 26.0 Å². The number of aliphatic hydroxyl groups is 1. The summed E-state index contributed by atoms with van der Waals surface area (Å²) < 4.78 is 0.790. The Bertz CT molecular complexity index is 343. The van der Waals surface area contributed by atoms with Crippen LogP contribution in [0.2, 0.25) is 5.02 Å². The van der Waals surface area contributed by atoms with E-state index in [1.165, 1.54) is 0 Å². The Morgan fingerprint density at radius 1 is 1.40 bits per heavy atom. The number of hydrogen-bond donors (Lipinski definition) is 2. The first-order valence-electron chi connectivity index (χ1n) is 4.82. The van der Waals surface area contributed by atoms with Crippen LogP contribution in [0, 0.1) is 5.92 Å². The Labute approximate surface area is 104 Å². The summed E-state index contributed by atoms with van der Waals surface area (Å²) in [5, 5.41) is 10.7. The number of halogens is 2. The molecule has 0 fully saturated rings. The molecule has 15 heavy (non-hydrogen) atoms. The lowest BCUT2D eigenvalue weighted by Gasteiger charge is -2.23. The van der Waals surface area contributed by atoms with Gasteiger partial charge in [0.25, 0.3) is 0 Å². The van der Waals surface area contributed by atoms with Crippen molar-refractivity contribution >= 4 is 27.5 Å². The lowest BCUT2D eigenvalue weighted by molar-refractivity contribution is 0.125. The minimum Gasteiger partial charge on any atom is -0.387 e. The molecule has 2 atom stereocenters. The lowest BCUT2D eigenvalue weighted by atomic mass is 9.94. The summed E-state index contributed by atoms with van der Waals surface area (Å²) in [6, 6.07) is 5.02. The van der Waals surface area contributed by atoms with E-state index in [2.05, 4.69) is 15.9 Å². The topological polar surface area (TPSA) is 46.2 Å². The maximum absolute atomic E-state index is 10.0. The highest BCUT2D eigenvalue weighted by molar-refractivity contribution is 9.10. The van der Waals surface area contributed by atoms with Crippen LogP contribution in [0.15, 0.2) is 22.7 Å². The minimum absolute atomic E-state index is 0.225. The first-order valence-corrected chi connectivity index (χ1v) is 5.99. The molecular formula is C11H15BrClNO. The van der Waals surface area contributed by atoms with Crippen LogP contribution in [0.4, 0.5) is 0 Å². The van der Waals surface area contributed by atoms with Gasteiger partial charge in [-0.05, 0) is 23.6 Å². The second kappa shape index (κ2) is 5.30. The molecule has 2 unspecified atom stereocenters. The second-order valence-corrected chi connectivity index (χ2v) is 5.22. The van der Waals surface area contributed by atoms with E-state index in [9.17, 15) is 5.11 Å². The van der Waals surface area contributed by atoms with Crippen molar-refractivity contribution in [2.75, 3.05) is 0 Å². The van der Waals surface area contributed by atoms with Crippen LogP contribution >= 0.6 is 27.5 Å². The van der Waals surface area contributed by atoms with Crippen LogP contribution in [0.1, 0.15) is 25.5 Å². The van der Waals surface area contributed by atoms with Crippen LogP contribution in [0.3, 0.4) is 0 Å². The fraction of sp³-hybridized carbons (Fsp3) is 0.455. The molecule has 0 spiro atoms. The van der Waals surface area contributed by atoms with E-state index in [0.29, 0.717) is 5.02 Å². The van der Waals surface area contributed by atoms with Crippen molar-refractivity contribution in [1.29, 1.82) is 0 Å². The lowest BCUT2D eigenvalue weighted by Crippen LogP contribution is -2.33. The molecule has 1 rings (SSSR count). The molecule has 1 aromatic rings. The van der Waals surface area contributed by atoms with Gasteiger partial charge in [0.1, 0.15) is 0 Å². The first-order chi connectivity index (χ1) is 6.93. The van der Waals surface area contributed by atoms with Crippen molar-refractivity contribution < 1.29 is 5.11 Å². The smallest absolute Gasteiger partial charge is 0.0954 e. The van der Waals surface area contributed by atoms with Gasteiger partial charge in [-0.2, -0.15) is 0 Å². The van der Waals surface area contributed by atoms with Gasteiger partial charge < -0.3 is 10.8 Å². The number of rotatable bonds is 3. The fourth-order valence-electron chi connectivity index (χ4n) is 1.31. The summed E-state index contributed by atoms with van der Waals surface area (Å²) in [6.45, 7) is 3.97. The monoisotopic (exact) mass is 291 g/mol. The third-order valence-electron chi connectivity index (χ3n) is 2.42. The summed E-state index contributed by atoms with van der Waals surface area (Å²) in [7, 11) is 0. The van der Waals surface area contributed by atoms with Crippen molar-refractivity contribution in [1.82, 2.24) is 0 Å². The molecule has 0 bridgehead atoms.